The summed E-state index contributed by atoms with van der Waals surface area (Å²) in [5, 5.41) is 20.8. The Balaban J connectivity index is 1.29. The number of fused-ring (bicyclic) bond motifs is 1. The van der Waals surface area contributed by atoms with Crippen molar-refractivity contribution in [3.63, 3.8) is 0 Å². The van der Waals surface area contributed by atoms with Gasteiger partial charge >= 0.3 is 0 Å². The number of nitrogens with zero attached hydrogens (tertiary/aromatic N) is 3. The van der Waals surface area contributed by atoms with E-state index in [-0.39, 0.29) is 17.0 Å². The number of pyridine rings is 1. The molecule has 3 N–H and O–H groups in total. The lowest BCUT2D eigenvalue weighted by Crippen LogP contribution is -2.21. The number of rotatable bonds is 9. The summed E-state index contributed by atoms with van der Waals surface area (Å²) in [4.78, 5) is 4.60. The van der Waals surface area contributed by atoms with Crippen molar-refractivity contribution in [3.05, 3.63) is 102 Å². The van der Waals surface area contributed by atoms with Crippen LogP contribution in [0, 0.1) is 11.6 Å². The van der Waals surface area contributed by atoms with E-state index in [1.807, 2.05) is 18.2 Å². The van der Waals surface area contributed by atoms with Gasteiger partial charge in [-0.1, -0.05) is 30.3 Å². The molecule has 0 aliphatic rings. The minimum Gasteiger partial charge on any atom is -0.495 e. The number of aromatic nitrogens is 3. The van der Waals surface area contributed by atoms with Crippen molar-refractivity contribution in [2.24, 2.45) is 0 Å². The SMILES string of the molecule is COc1cc(S(C)(=O)=O)ccc1Nc1nc2ccc(-c3ccc(C(O)NCc4ccc(F)cc4F)cc3)cn2n1. The Hall–Kier alpha value is -4.39. The Morgan fingerprint density at radius 1 is 1.00 bits per heavy atom. The summed E-state index contributed by atoms with van der Waals surface area (Å²) in [6.07, 6.45) is 1.88. The van der Waals surface area contributed by atoms with Gasteiger partial charge < -0.3 is 15.2 Å². The molecule has 9 nitrogen and oxygen atoms in total. The van der Waals surface area contributed by atoms with Crippen molar-refractivity contribution in [2.75, 3.05) is 18.7 Å². The number of halogens is 2. The molecule has 206 valence electrons. The second-order valence-corrected chi connectivity index (χ2v) is 11.1. The average molecular weight is 566 g/mol. The van der Waals surface area contributed by atoms with Crippen molar-refractivity contribution in [3.8, 4) is 16.9 Å². The molecule has 1 atom stereocenters. The molecule has 40 heavy (non-hydrogen) atoms. The average Bonchev–Trinajstić information content (AvgIpc) is 3.33. The van der Waals surface area contributed by atoms with Crippen LogP contribution in [-0.2, 0) is 16.4 Å². The van der Waals surface area contributed by atoms with Crippen LogP contribution in [0.3, 0.4) is 0 Å². The van der Waals surface area contributed by atoms with Crippen molar-refractivity contribution in [2.45, 2.75) is 17.7 Å². The van der Waals surface area contributed by atoms with Gasteiger partial charge in [0.25, 0.3) is 0 Å². The fourth-order valence-electron chi connectivity index (χ4n) is 4.08. The molecular weight excluding hydrogens is 540 g/mol. The molecule has 0 spiro atoms. The molecule has 5 rings (SSSR count). The van der Waals surface area contributed by atoms with E-state index in [4.69, 9.17) is 4.74 Å². The van der Waals surface area contributed by atoms with Gasteiger partial charge in [-0.2, -0.15) is 4.98 Å². The maximum atomic E-state index is 13.9. The van der Waals surface area contributed by atoms with Gasteiger partial charge in [-0.15, -0.1) is 5.10 Å². The normalized spacial score (nSPS) is 12.4. The number of aliphatic hydroxyl groups is 1. The number of aliphatic hydroxyl groups excluding tert-OH is 1. The molecule has 2 heterocycles. The summed E-state index contributed by atoms with van der Waals surface area (Å²) in [5.41, 5.74) is 3.64. The van der Waals surface area contributed by atoms with Gasteiger partial charge in [0.05, 0.1) is 17.7 Å². The fraction of sp³-hybridized carbons (Fsp3) is 0.143. The molecule has 0 saturated heterocycles. The third kappa shape index (κ3) is 5.93. The predicted octanol–water partition coefficient (Wildman–Crippen LogP) is 4.61. The highest BCUT2D eigenvalue weighted by Gasteiger charge is 2.14. The maximum absolute atomic E-state index is 13.9. The highest BCUT2D eigenvalue weighted by molar-refractivity contribution is 7.90. The summed E-state index contributed by atoms with van der Waals surface area (Å²) >= 11 is 0. The van der Waals surface area contributed by atoms with Crippen LogP contribution in [-0.4, -0.2) is 41.5 Å². The number of ether oxygens (including phenoxy) is 1. The molecule has 0 fully saturated rings. The van der Waals surface area contributed by atoms with Crippen molar-refractivity contribution < 1.29 is 27.0 Å². The molecule has 1 unspecified atom stereocenters. The van der Waals surface area contributed by atoms with E-state index in [9.17, 15) is 22.3 Å². The molecule has 0 amide bonds. The lowest BCUT2D eigenvalue weighted by Gasteiger charge is -2.14. The third-order valence-electron chi connectivity index (χ3n) is 6.24. The summed E-state index contributed by atoms with van der Waals surface area (Å²) in [5.74, 6) is -0.706. The number of hydrogen-bond acceptors (Lipinski definition) is 8. The van der Waals surface area contributed by atoms with Gasteiger partial charge in [0.1, 0.15) is 23.6 Å². The van der Waals surface area contributed by atoms with Crippen LogP contribution in [0.5, 0.6) is 5.75 Å². The van der Waals surface area contributed by atoms with Gasteiger partial charge in [-0.25, -0.2) is 21.7 Å². The molecule has 0 aliphatic carbocycles. The first kappa shape index (κ1) is 27.2. The highest BCUT2D eigenvalue weighted by Crippen LogP contribution is 2.30. The molecule has 0 bridgehead atoms. The third-order valence-corrected chi connectivity index (χ3v) is 7.35. The summed E-state index contributed by atoms with van der Waals surface area (Å²) in [6, 6.07) is 18.7. The number of methoxy groups -OCH3 is 1. The largest absolute Gasteiger partial charge is 0.495 e. The van der Waals surface area contributed by atoms with Crippen molar-refractivity contribution >= 4 is 27.1 Å². The molecule has 2 aromatic heterocycles. The Morgan fingerprint density at radius 2 is 1.75 bits per heavy atom. The smallest absolute Gasteiger partial charge is 0.247 e. The van der Waals surface area contributed by atoms with E-state index < -0.39 is 27.7 Å². The molecule has 5 aromatic rings. The molecule has 0 aliphatic heterocycles. The van der Waals surface area contributed by atoms with E-state index in [1.54, 1.807) is 35.0 Å². The zero-order chi connectivity index (χ0) is 28.4. The Morgan fingerprint density at radius 3 is 2.45 bits per heavy atom. The van der Waals surface area contributed by atoms with Crippen LogP contribution < -0.4 is 15.4 Å². The number of hydrogen-bond donors (Lipinski definition) is 3. The standard InChI is InChI=1S/C28H25F2N5O4S/c1-39-25-14-22(40(2,37)38)10-11-24(25)32-28-33-26-12-8-20(16-35(26)34-28)17-3-5-18(6-4-17)27(36)31-15-19-7-9-21(29)13-23(19)30/h3-14,16,27,31,36H,15H2,1-2H3,(H,32,34). The van der Waals surface area contributed by atoms with Gasteiger partial charge in [0, 0.05) is 42.3 Å². The highest BCUT2D eigenvalue weighted by atomic mass is 32.2. The second-order valence-electron chi connectivity index (χ2n) is 9.06. The zero-order valence-electron chi connectivity index (χ0n) is 21.5. The quantitative estimate of drug-likeness (QED) is 0.222. The van der Waals surface area contributed by atoms with E-state index in [1.165, 1.54) is 31.4 Å². The van der Waals surface area contributed by atoms with Gasteiger partial charge in [0.2, 0.25) is 5.95 Å². The monoisotopic (exact) mass is 565 g/mol. The van der Waals surface area contributed by atoms with Crippen LogP contribution in [0.15, 0.2) is 83.9 Å². The van der Waals surface area contributed by atoms with Gasteiger partial charge in [-0.05, 0) is 41.5 Å². The number of sulfone groups is 1. The minimum atomic E-state index is -3.39. The Labute approximate surface area is 229 Å². The van der Waals surface area contributed by atoms with Crippen molar-refractivity contribution in [1.29, 1.82) is 0 Å². The van der Waals surface area contributed by atoms with E-state index in [0.717, 1.165) is 23.4 Å². The van der Waals surface area contributed by atoms with Crippen LogP contribution in [0.4, 0.5) is 20.4 Å². The lowest BCUT2D eigenvalue weighted by molar-refractivity contribution is 0.136. The van der Waals surface area contributed by atoms with E-state index in [2.05, 4.69) is 20.7 Å². The summed E-state index contributed by atoms with van der Waals surface area (Å²) in [7, 11) is -1.94. The number of benzene rings is 3. The summed E-state index contributed by atoms with van der Waals surface area (Å²) in [6.45, 7) is 0.0299. The first-order valence-electron chi connectivity index (χ1n) is 12.1. The Bertz CT molecular complexity index is 1790. The maximum Gasteiger partial charge on any atom is 0.247 e. The van der Waals surface area contributed by atoms with E-state index >= 15 is 0 Å². The second kappa shape index (κ2) is 11.0. The first-order chi connectivity index (χ1) is 19.1. The molecule has 3 aromatic carbocycles. The molecule has 0 radical (unpaired) electrons. The topological polar surface area (TPSA) is 118 Å². The lowest BCUT2D eigenvalue weighted by atomic mass is 10.0. The molecule has 12 heteroatoms. The summed E-state index contributed by atoms with van der Waals surface area (Å²) < 4.78 is 57.6. The van der Waals surface area contributed by atoms with Crippen LogP contribution in [0.2, 0.25) is 0 Å². The fourth-order valence-corrected chi connectivity index (χ4v) is 4.72. The number of anilines is 2. The van der Waals surface area contributed by atoms with Crippen LogP contribution >= 0.6 is 0 Å². The molecular formula is C28H25F2N5O4S. The first-order valence-corrected chi connectivity index (χ1v) is 14.0. The van der Waals surface area contributed by atoms with Crippen LogP contribution in [0.25, 0.3) is 16.8 Å². The molecule has 0 saturated carbocycles. The predicted molar refractivity (Wildman–Crippen MR) is 146 cm³/mol. The minimum absolute atomic E-state index is 0.0299. The zero-order valence-corrected chi connectivity index (χ0v) is 22.3. The Kier molecular flexibility index (Phi) is 7.48. The van der Waals surface area contributed by atoms with Crippen molar-refractivity contribution in [1.82, 2.24) is 19.9 Å². The number of nitrogens with one attached hydrogen (secondary N) is 2. The van der Waals surface area contributed by atoms with Crippen LogP contribution in [0.1, 0.15) is 17.4 Å². The van der Waals surface area contributed by atoms with E-state index in [0.29, 0.717) is 28.6 Å². The van der Waals surface area contributed by atoms with Gasteiger partial charge in [0.15, 0.2) is 15.5 Å². The van der Waals surface area contributed by atoms with Gasteiger partial charge in [-0.3, -0.25) is 5.32 Å².